The molecule has 10 rings (SSSR count). The molecule has 5 aliphatic rings. The molecule has 62 heavy (non-hydrogen) atoms. The van der Waals surface area contributed by atoms with Gasteiger partial charge in [0.25, 0.3) is 5.69 Å². The molecule has 3 saturated heterocycles. The van der Waals surface area contributed by atoms with Gasteiger partial charge in [0.2, 0.25) is 0 Å². The van der Waals surface area contributed by atoms with Gasteiger partial charge in [-0.15, -0.1) is 0 Å². The number of alkyl halides is 2. The van der Waals surface area contributed by atoms with Crippen molar-refractivity contribution in [3.05, 3.63) is 88.8 Å². The Morgan fingerprint density at radius 3 is 2.06 bits per heavy atom. The Bertz CT molecular complexity index is 2660. The first kappa shape index (κ1) is 43.0. The van der Waals surface area contributed by atoms with Gasteiger partial charge in [-0.1, -0.05) is 30.4 Å². The van der Waals surface area contributed by atoms with E-state index in [0.717, 1.165) is 0 Å². The maximum Gasteiger partial charge on any atom is 0.390 e. The standard InChI is InChI=1S/C36H36F2N10O10P2S2/c37-27-31-26-15-54-60(61,52-13-7-12-39)58-32-25(14-53-59(51,57-31)62-16-21-8-5-6-11-24(21)48(49)50)55-36(28(32)38)47-20-45-30-23(41-18-43-34(30)47)10-4-2-1-3-9-22-29-33(42-17-40-22)46(19-44-29)35(27)56-26/h1-2,5-6,8,11,17-20,25-28,31-32,35-36H,3-4,7,9-10,13-16H2/b2-1+/t25-,26-,27-,28-,31-,32-,35?,36-,59?,60?/m1/s1. The lowest BCUT2D eigenvalue weighted by atomic mass is 10.1. The van der Waals surface area contributed by atoms with Gasteiger partial charge in [-0.2, -0.15) is 5.26 Å². The molecule has 5 aromatic rings. The molecule has 20 nitrogen and oxygen atoms in total. The van der Waals surface area contributed by atoms with Gasteiger partial charge in [0.05, 0.1) is 61.3 Å². The quantitative estimate of drug-likeness (QED) is 0.0557. The number of rotatable bonds is 7. The van der Waals surface area contributed by atoms with Crippen molar-refractivity contribution >= 4 is 64.7 Å². The molecular weight excluding hydrogens is 897 g/mol. The highest BCUT2D eigenvalue weighted by molar-refractivity contribution is 8.54. The maximum absolute atomic E-state index is 17.2. The maximum atomic E-state index is 17.2. The highest BCUT2D eigenvalue weighted by atomic mass is 32.7. The summed E-state index contributed by atoms with van der Waals surface area (Å²) in [5, 5.41) is 21.2. The average molecular weight is 933 g/mol. The number of hydrogen-bond donors (Lipinski definition) is 0. The Balaban J connectivity index is 1.16. The molecule has 0 saturated carbocycles. The molecule has 0 aliphatic carbocycles. The number of nitrogens with zero attached hydrogens (tertiary/aromatic N) is 10. The summed E-state index contributed by atoms with van der Waals surface area (Å²) in [7, 11) is 0. The van der Waals surface area contributed by atoms with Crippen LogP contribution >= 0.6 is 24.9 Å². The number of ether oxygens (including phenoxy) is 2. The number of fused-ring (bicyclic) bond motifs is 10. The summed E-state index contributed by atoms with van der Waals surface area (Å²) in [4.78, 5) is 38.0. The zero-order valence-corrected chi connectivity index (χ0v) is 35.7. The molecule has 26 heteroatoms. The molecule has 0 radical (unpaired) electrons. The Morgan fingerprint density at radius 2 is 1.47 bits per heavy atom. The first-order valence-electron chi connectivity index (χ1n) is 19.4. The average Bonchev–Trinajstić information content (AvgIpc) is 4.04. The van der Waals surface area contributed by atoms with Gasteiger partial charge in [-0.3, -0.25) is 32.8 Å². The van der Waals surface area contributed by atoms with Crippen LogP contribution < -0.4 is 0 Å². The van der Waals surface area contributed by atoms with Crippen LogP contribution in [0.4, 0.5) is 14.5 Å². The molecule has 0 N–H and O–H groups in total. The SMILES string of the molecule is N#CCCOP1(=S)OC[C@H]2OC3[C@H](F)[C@@H]2OP(=O)(SCc2ccccc2[N+](=O)[O-])OC[C@H]2O[C@H]([C@H](F)[C@@H]2O1)n1cnc2c(ncnc21)CC/C=C/CCc1ncnc2c1ncn23. The first-order valence-corrected chi connectivity index (χ1v) is 25.0. The zero-order chi connectivity index (χ0) is 43.0. The summed E-state index contributed by atoms with van der Waals surface area (Å²) in [6, 6.07) is 7.76. The van der Waals surface area contributed by atoms with Crippen LogP contribution in [0.15, 0.2) is 61.7 Å². The second-order valence-corrected chi connectivity index (χ2v) is 21.4. The molecule has 5 aliphatic heterocycles. The number of nitro groups is 1. The number of benzene rings is 1. The van der Waals surface area contributed by atoms with E-state index in [-0.39, 0.29) is 41.3 Å². The summed E-state index contributed by atoms with van der Waals surface area (Å²) in [5.74, 6) is -0.277. The molecule has 3 unspecified atom stereocenters. The van der Waals surface area contributed by atoms with Crippen molar-refractivity contribution in [1.29, 1.82) is 5.26 Å². The van der Waals surface area contributed by atoms with E-state index in [1.54, 1.807) is 6.07 Å². The molecule has 9 heterocycles. The number of halogens is 2. The highest BCUT2D eigenvalue weighted by Gasteiger charge is 2.55. The fourth-order valence-corrected chi connectivity index (χ4v) is 13.0. The molecule has 14 bridgehead atoms. The van der Waals surface area contributed by atoms with Crippen LogP contribution in [0.25, 0.3) is 22.3 Å². The van der Waals surface area contributed by atoms with Gasteiger partial charge in [-0.05, 0) is 48.9 Å². The summed E-state index contributed by atoms with van der Waals surface area (Å²) in [6.07, 6.45) is -1.73. The van der Waals surface area contributed by atoms with Gasteiger partial charge in [0, 0.05) is 17.4 Å². The van der Waals surface area contributed by atoms with Gasteiger partial charge < -0.3 is 18.5 Å². The lowest BCUT2D eigenvalue weighted by molar-refractivity contribution is -0.385. The summed E-state index contributed by atoms with van der Waals surface area (Å²) < 4.78 is 95.0. The number of aromatic nitrogens is 8. The predicted molar refractivity (Wildman–Crippen MR) is 218 cm³/mol. The molecule has 326 valence electrons. The van der Waals surface area contributed by atoms with E-state index >= 15 is 13.3 Å². The van der Waals surface area contributed by atoms with Crippen molar-refractivity contribution in [3.8, 4) is 6.07 Å². The van der Waals surface area contributed by atoms with Crippen molar-refractivity contribution in [3.63, 3.8) is 0 Å². The van der Waals surface area contributed by atoms with Gasteiger partial charge in [0.15, 0.2) is 36.1 Å². The van der Waals surface area contributed by atoms with E-state index < -0.39 is 80.9 Å². The van der Waals surface area contributed by atoms with Crippen LogP contribution in [-0.4, -0.2) is 101 Å². The van der Waals surface area contributed by atoms with Crippen molar-refractivity contribution in [2.75, 3.05) is 19.8 Å². The third-order valence-electron chi connectivity index (χ3n) is 10.5. The van der Waals surface area contributed by atoms with Crippen LogP contribution in [0.2, 0.25) is 0 Å². The molecule has 1 aromatic carbocycles. The van der Waals surface area contributed by atoms with Crippen molar-refractivity contribution in [2.24, 2.45) is 0 Å². The smallest absolute Gasteiger partial charge is 0.346 e. The third-order valence-corrected chi connectivity index (χ3v) is 16.5. The van der Waals surface area contributed by atoms with Crippen LogP contribution in [-0.2, 0) is 67.1 Å². The van der Waals surface area contributed by atoms with Gasteiger partial charge >= 0.3 is 13.5 Å². The monoisotopic (exact) mass is 932 g/mol. The van der Waals surface area contributed by atoms with Crippen molar-refractivity contribution < 1.29 is 50.4 Å². The van der Waals surface area contributed by atoms with E-state index in [1.165, 1.54) is 52.6 Å². The zero-order valence-electron chi connectivity index (χ0n) is 32.3. The minimum absolute atomic E-state index is 0.128. The number of imidazole rings is 2. The Morgan fingerprint density at radius 1 is 0.887 bits per heavy atom. The van der Waals surface area contributed by atoms with E-state index in [2.05, 4.69) is 29.9 Å². The molecule has 10 atom stereocenters. The minimum Gasteiger partial charge on any atom is -0.346 e. The normalized spacial score (nSPS) is 32.1. The van der Waals surface area contributed by atoms with Crippen molar-refractivity contribution in [2.45, 2.75) is 87.1 Å². The highest BCUT2D eigenvalue weighted by Crippen LogP contribution is 2.65. The molecule has 0 amide bonds. The number of aryl methyl sites for hydroxylation is 2. The van der Waals surface area contributed by atoms with E-state index in [0.29, 0.717) is 59.5 Å². The molecular formula is C36H36F2N10O10P2S2. The Hall–Kier alpha value is -4.24. The Labute approximate surface area is 360 Å². The minimum atomic E-state index is -4.63. The molecule has 0 spiro atoms. The lowest BCUT2D eigenvalue weighted by Gasteiger charge is -2.31. The summed E-state index contributed by atoms with van der Waals surface area (Å²) in [6.45, 7) is -10.2. The van der Waals surface area contributed by atoms with E-state index in [9.17, 15) is 15.4 Å². The van der Waals surface area contributed by atoms with Crippen molar-refractivity contribution in [1.82, 2.24) is 39.0 Å². The third kappa shape index (κ3) is 8.56. The van der Waals surface area contributed by atoms with Gasteiger partial charge in [0.1, 0.15) is 48.1 Å². The summed E-state index contributed by atoms with van der Waals surface area (Å²) in [5.41, 5.74) is 2.46. The molecule has 4 aromatic heterocycles. The van der Waals surface area contributed by atoms with Crippen LogP contribution in [0.5, 0.6) is 0 Å². The number of hydrogen-bond acceptors (Lipinski definition) is 19. The van der Waals surface area contributed by atoms with Crippen LogP contribution in [0.3, 0.4) is 0 Å². The second-order valence-electron chi connectivity index (χ2n) is 14.4. The summed E-state index contributed by atoms with van der Waals surface area (Å²) >= 11 is 6.37. The molecule has 3 fully saturated rings. The van der Waals surface area contributed by atoms with Gasteiger partial charge in [-0.25, -0.2) is 43.2 Å². The van der Waals surface area contributed by atoms with E-state index in [1.807, 2.05) is 18.2 Å². The topological polar surface area (TPSA) is 236 Å². The fourth-order valence-electron chi connectivity index (χ4n) is 7.56. The number of nitro benzene ring substituents is 1. The second kappa shape index (κ2) is 18.1. The largest absolute Gasteiger partial charge is 0.390 e. The van der Waals surface area contributed by atoms with E-state index in [4.69, 9.17) is 43.9 Å². The van der Waals surface area contributed by atoms with Crippen LogP contribution in [0.1, 0.15) is 48.7 Å². The lowest BCUT2D eigenvalue weighted by Crippen LogP contribution is -2.37. The Kier molecular flexibility index (Phi) is 12.6. The predicted octanol–water partition coefficient (Wildman–Crippen LogP) is 6.49. The fraction of sp³-hybridized carbons (Fsp3) is 0.472. The first-order chi connectivity index (χ1) is 30.0. The van der Waals surface area contributed by atoms with Crippen LogP contribution in [0, 0.1) is 21.4 Å². The number of nitriles is 1. The number of allylic oxidation sites excluding steroid dienone is 2. The number of para-hydroxylation sites is 1.